The molecule has 2 amide bonds. The molecule has 3 rings (SSSR count). The summed E-state index contributed by atoms with van der Waals surface area (Å²) in [4.78, 5) is 26.6. The van der Waals surface area contributed by atoms with E-state index in [-0.39, 0.29) is 18.7 Å². The molecule has 142 valence electrons. The highest BCUT2D eigenvalue weighted by molar-refractivity contribution is 5.74. The van der Waals surface area contributed by atoms with Crippen molar-refractivity contribution in [3.05, 3.63) is 0 Å². The number of likely N-dealkylation sites (N-methyl/N-ethyl adjacent to an activating group) is 1. The molecule has 7 heteroatoms. The van der Waals surface area contributed by atoms with E-state index in [0.717, 1.165) is 30.7 Å². The fourth-order valence-corrected chi connectivity index (χ4v) is 4.86. The van der Waals surface area contributed by atoms with Crippen LogP contribution in [0.25, 0.3) is 0 Å². The summed E-state index contributed by atoms with van der Waals surface area (Å²) in [7, 11) is 1.76. The Kier molecular flexibility index (Phi) is 6.17. The summed E-state index contributed by atoms with van der Waals surface area (Å²) in [6.07, 6.45) is 6.54. The van der Waals surface area contributed by atoms with E-state index in [9.17, 15) is 9.59 Å². The fraction of sp³-hybridized carbons (Fsp3) is 0.889. The SMILES string of the molecule is CN(CC(=O)O)CC1CN(C(=O)NCCC2CC3CCC2C3)CCO1. The van der Waals surface area contributed by atoms with Crippen molar-refractivity contribution >= 4 is 12.0 Å². The molecule has 3 aliphatic rings. The predicted octanol–water partition coefficient (Wildman–Crippen LogP) is 1.24. The van der Waals surface area contributed by atoms with Crippen LogP contribution in [0.3, 0.4) is 0 Å². The van der Waals surface area contributed by atoms with Gasteiger partial charge >= 0.3 is 12.0 Å². The third-order valence-electron chi connectivity index (χ3n) is 6.02. The van der Waals surface area contributed by atoms with Gasteiger partial charge in [0.25, 0.3) is 0 Å². The van der Waals surface area contributed by atoms with Gasteiger partial charge in [0.2, 0.25) is 0 Å². The van der Waals surface area contributed by atoms with E-state index in [1.54, 1.807) is 16.8 Å². The molecule has 2 N–H and O–H groups in total. The van der Waals surface area contributed by atoms with Gasteiger partial charge in [-0.1, -0.05) is 6.42 Å². The highest BCUT2D eigenvalue weighted by atomic mass is 16.5. The molecule has 0 aromatic heterocycles. The van der Waals surface area contributed by atoms with Crippen molar-refractivity contribution in [2.24, 2.45) is 17.8 Å². The topological polar surface area (TPSA) is 82.1 Å². The fourth-order valence-electron chi connectivity index (χ4n) is 4.86. The number of ether oxygens (including phenoxy) is 1. The smallest absolute Gasteiger partial charge is 0.317 e. The van der Waals surface area contributed by atoms with Crippen LogP contribution in [-0.4, -0.2) is 79.4 Å². The first kappa shape index (κ1) is 18.5. The molecular weight excluding hydrogens is 322 g/mol. The minimum Gasteiger partial charge on any atom is -0.480 e. The zero-order valence-corrected chi connectivity index (χ0v) is 15.2. The number of urea groups is 1. The Morgan fingerprint density at radius 3 is 2.84 bits per heavy atom. The maximum atomic E-state index is 12.4. The zero-order valence-electron chi connectivity index (χ0n) is 15.2. The number of fused-ring (bicyclic) bond motifs is 2. The number of nitrogens with one attached hydrogen (secondary N) is 1. The van der Waals surface area contributed by atoms with E-state index in [2.05, 4.69) is 5.32 Å². The van der Waals surface area contributed by atoms with E-state index in [1.165, 1.54) is 25.7 Å². The second kappa shape index (κ2) is 8.36. The highest BCUT2D eigenvalue weighted by Crippen LogP contribution is 2.49. The third kappa shape index (κ3) is 5.07. The van der Waals surface area contributed by atoms with Gasteiger partial charge in [-0.2, -0.15) is 0 Å². The van der Waals surface area contributed by atoms with Crippen LogP contribution in [-0.2, 0) is 9.53 Å². The molecule has 4 atom stereocenters. The van der Waals surface area contributed by atoms with Crippen molar-refractivity contribution in [3.63, 3.8) is 0 Å². The first-order valence-electron chi connectivity index (χ1n) is 9.56. The molecule has 0 spiro atoms. The lowest BCUT2D eigenvalue weighted by atomic mass is 9.86. The number of hydrogen-bond donors (Lipinski definition) is 2. The van der Waals surface area contributed by atoms with Gasteiger partial charge in [-0.25, -0.2) is 4.79 Å². The van der Waals surface area contributed by atoms with Gasteiger partial charge in [0, 0.05) is 26.2 Å². The van der Waals surface area contributed by atoms with Crippen LogP contribution in [0.1, 0.15) is 32.1 Å². The van der Waals surface area contributed by atoms with Gasteiger partial charge in [0.15, 0.2) is 0 Å². The Morgan fingerprint density at radius 2 is 2.16 bits per heavy atom. The minimum absolute atomic E-state index is 0.0163. The van der Waals surface area contributed by atoms with E-state index < -0.39 is 5.97 Å². The van der Waals surface area contributed by atoms with Crippen LogP contribution < -0.4 is 5.32 Å². The molecule has 1 saturated heterocycles. The Balaban J connectivity index is 1.36. The second-order valence-electron chi connectivity index (χ2n) is 7.98. The van der Waals surface area contributed by atoms with Crippen LogP contribution in [0.5, 0.6) is 0 Å². The summed E-state index contributed by atoms with van der Waals surface area (Å²) < 4.78 is 5.67. The first-order valence-corrected chi connectivity index (χ1v) is 9.56. The molecule has 4 unspecified atom stereocenters. The quantitative estimate of drug-likeness (QED) is 0.720. The standard InChI is InChI=1S/C18H31N3O4/c1-20(12-17(22)23)10-16-11-21(6-7-25-16)18(24)19-5-4-15-9-13-2-3-14(15)8-13/h13-16H,2-12H2,1H3,(H,19,24)(H,22,23). The molecule has 25 heavy (non-hydrogen) atoms. The number of carboxylic acids is 1. The van der Waals surface area contributed by atoms with Crippen LogP contribution in [0, 0.1) is 17.8 Å². The Bertz CT molecular complexity index is 487. The summed E-state index contributed by atoms with van der Waals surface area (Å²) in [5, 5.41) is 11.9. The average Bonchev–Trinajstić information content (AvgIpc) is 3.17. The second-order valence-corrected chi connectivity index (χ2v) is 7.98. The van der Waals surface area contributed by atoms with Crippen molar-refractivity contribution in [2.75, 3.05) is 46.4 Å². The maximum absolute atomic E-state index is 12.4. The Hall–Kier alpha value is -1.34. The molecule has 2 saturated carbocycles. The minimum atomic E-state index is -0.853. The normalized spacial score (nSPS) is 31.5. The molecule has 0 radical (unpaired) electrons. The number of aliphatic carboxylic acids is 1. The van der Waals surface area contributed by atoms with Crippen LogP contribution in [0.15, 0.2) is 0 Å². The summed E-state index contributed by atoms with van der Waals surface area (Å²) in [6, 6.07) is -0.0163. The monoisotopic (exact) mass is 353 g/mol. The Labute approximate surface area is 149 Å². The van der Waals surface area contributed by atoms with Gasteiger partial charge in [0.05, 0.1) is 19.3 Å². The van der Waals surface area contributed by atoms with Crippen LogP contribution >= 0.6 is 0 Å². The molecule has 2 bridgehead atoms. The summed E-state index contributed by atoms with van der Waals surface area (Å²) in [6.45, 7) is 2.87. The third-order valence-corrected chi connectivity index (χ3v) is 6.02. The van der Waals surface area contributed by atoms with Crippen molar-refractivity contribution in [1.82, 2.24) is 15.1 Å². The molecular formula is C18H31N3O4. The molecule has 0 aromatic rings. The lowest BCUT2D eigenvalue weighted by Gasteiger charge is -2.34. The lowest BCUT2D eigenvalue weighted by molar-refractivity contribution is -0.138. The number of rotatable bonds is 7. The summed E-state index contributed by atoms with van der Waals surface area (Å²) in [5.41, 5.74) is 0. The largest absolute Gasteiger partial charge is 0.480 e. The molecule has 2 aliphatic carbocycles. The van der Waals surface area contributed by atoms with Gasteiger partial charge in [-0.15, -0.1) is 0 Å². The van der Waals surface area contributed by atoms with Crippen LogP contribution in [0.2, 0.25) is 0 Å². The highest BCUT2D eigenvalue weighted by Gasteiger charge is 2.38. The summed E-state index contributed by atoms with van der Waals surface area (Å²) >= 11 is 0. The first-order chi connectivity index (χ1) is 12.0. The number of carbonyl (C=O) groups is 2. The van der Waals surface area contributed by atoms with Gasteiger partial charge < -0.3 is 20.1 Å². The lowest BCUT2D eigenvalue weighted by Crippen LogP contribution is -2.52. The molecule has 1 aliphatic heterocycles. The molecule has 7 nitrogen and oxygen atoms in total. The van der Waals surface area contributed by atoms with Crippen molar-refractivity contribution in [2.45, 2.75) is 38.2 Å². The number of hydrogen-bond acceptors (Lipinski definition) is 4. The molecule has 1 heterocycles. The van der Waals surface area contributed by atoms with E-state index in [0.29, 0.717) is 26.2 Å². The van der Waals surface area contributed by atoms with Gasteiger partial charge in [-0.05, 0) is 50.5 Å². The van der Waals surface area contributed by atoms with Crippen LogP contribution in [0.4, 0.5) is 4.79 Å². The van der Waals surface area contributed by atoms with Gasteiger partial charge in [-0.3, -0.25) is 9.69 Å². The van der Waals surface area contributed by atoms with E-state index in [1.807, 2.05) is 0 Å². The Morgan fingerprint density at radius 1 is 1.32 bits per heavy atom. The number of morpholine rings is 1. The number of carbonyl (C=O) groups excluding carboxylic acids is 1. The number of amides is 2. The summed E-state index contributed by atoms with van der Waals surface area (Å²) in [5.74, 6) is 1.81. The molecule has 3 fully saturated rings. The van der Waals surface area contributed by atoms with E-state index >= 15 is 0 Å². The van der Waals surface area contributed by atoms with Crippen molar-refractivity contribution < 1.29 is 19.4 Å². The zero-order chi connectivity index (χ0) is 17.8. The number of nitrogens with zero attached hydrogens (tertiary/aromatic N) is 2. The maximum Gasteiger partial charge on any atom is 0.317 e. The average molecular weight is 353 g/mol. The molecule has 0 aromatic carbocycles. The van der Waals surface area contributed by atoms with Gasteiger partial charge in [0.1, 0.15) is 0 Å². The van der Waals surface area contributed by atoms with Crippen molar-refractivity contribution in [3.8, 4) is 0 Å². The van der Waals surface area contributed by atoms with Crippen molar-refractivity contribution in [1.29, 1.82) is 0 Å². The number of carboxylic acid groups (broad SMARTS) is 1. The van der Waals surface area contributed by atoms with E-state index in [4.69, 9.17) is 9.84 Å². The predicted molar refractivity (Wildman–Crippen MR) is 93.4 cm³/mol.